The van der Waals surface area contributed by atoms with E-state index in [9.17, 15) is 35.9 Å². The van der Waals surface area contributed by atoms with Crippen molar-refractivity contribution in [3.05, 3.63) is 83.3 Å². The second-order valence-corrected chi connectivity index (χ2v) is 12.9. The number of nitrogens with one attached hydrogen (secondary N) is 4. The number of likely N-dealkylation sites (tertiary alicyclic amines) is 1. The van der Waals surface area contributed by atoms with Crippen LogP contribution in [0.25, 0.3) is 0 Å². The van der Waals surface area contributed by atoms with Crippen molar-refractivity contribution in [1.29, 1.82) is 0 Å². The van der Waals surface area contributed by atoms with Gasteiger partial charge in [-0.15, -0.1) is 0 Å². The molecule has 6 bridgehead atoms. The number of aryl methyl sites for hydroxylation is 2. The van der Waals surface area contributed by atoms with Crippen LogP contribution in [0, 0.1) is 5.92 Å². The molecule has 310 valence electrons. The Bertz CT molecular complexity index is 2060. The number of carbonyl (C=O) groups is 4. The second-order valence-electron chi connectivity index (χ2n) is 12.5. The van der Waals surface area contributed by atoms with E-state index in [2.05, 4.69) is 36.2 Å². The molecule has 0 atom stereocenters. The standard InChI is InChI=1S/C32H33ClN8O3.2C2HF3O2/c1-44-26-7-4-23(5-8-26)38-32(43)41-12-10-20(11-13-41)15-29(42)39-28-9-6-24-16-22(28)3-2-21-14-25(18-34-17-21)37-31-35-19-27(33)30(36-24)40-31;2*3-2(4,5)1(6)7/h4-9,14,16-20H,2-3,10-13,15H2,1H3,(H,38,43)(H,39,42)(H2,35,36,37,40);2*(H,6,7). The fourth-order valence-corrected chi connectivity index (χ4v) is 5.57. The maximum Gasteiger partial charge on any atom is 0.490 e. The third-order valence-electron chi connectivity index (χ3n) is 8.32. The zero-order chi connectivity index (χ0) is 42.6. The molecule has 2 aromatic carbocycles. The number of amides is 3. The fraction of sp³-hybridized carbons (Fsp3) is 0.306. The summed E-state index contributed by atoms with van der Waals surface area (Å²) in [6, 6.07) is 14.9. The number of halogens is 7. The van der Waals surface area contributed by atoms with E-state index in [0.29, 0.717) is 48.4 Å². The van der Waals surface area contributed by atoms with Gasteiger partial charge in [0.1, 0.15) is 10.8 Å². The molecular formula is C36H35ClF6N8O7. The minimum atomic E-state index is -5.08. The number of alkyl halides is 6. The number of hydrogen-bond donors (Lipinski definition) is 6. The van der Waals surface area contributed by atoms with E-state index >= 15 is 0 Å². The Morgan fingerprint density at radius 1 is 0.862 bits per heavy atom. The quantitative estimate of drug-likeness (QED) is 0.107. The monoisotopic (exact) mass is 840 g/mol. The van der Waals surface area contributed by atoms with Crippen LogP contribution in [0.5, 0.6) is 5.75 Å². The second kappa shape index (κ2) is 19.7. The summed E-state index contributed by atoms with van der Waals surface area (Å²) in [6.07, 6.45) is -1.73. The number of nitrogens with zero attached hydrogens (tertiary/aromatic N) is 4. The molecule has 0 unspecified atom stereocenters. The maximum atomic E-state index is 13.2. The van der Waals surface area contributed by atoms with Crippen molar-refractivity contribution in [1.82, 2.24) is 19.9 Å². The minimum Gasteiger partial charge on any atom is -0.497 e. The van der Waals surface area contributed by atoms with E-state index in [1.54, 1.807) is 24.4 Å². The number of piperidine rings is 1. The molecule has 1 saturated heterocycles. The molecular weight excluding hydrogens is 806 g/mol. The van der Waals surface area contributed by atoms with E-state index in [1.165, 1.54) is 0 Å². The summed E-state index contributed by atoms with van der Waals surface area (Å²) < 4.78 is 68.6. The summed E-state index contributed by atoms with van der Waals surface area (Å²) in [5.41, 5.74) is 5.09. The summed E-state index contributed by atoms with van der Waals surface area (Å²) in [6.45, 7) is 1.20. The largest absolute Gasteiger partial charge is 0.497 e. The van der Waals surface area contributed by atoms with Gasteiger partial charge in [-0.1, -0.05) is 11.6 Å². The van der Waals surface area contributed by atoms with Crippen LogP contribution >= 0.6 is 11.6 Å². The van der Waals surface area contributed by atoms with Gasteiger partial charge >= 0.3 is 30.3 Å². The topological polar surface area (TPSA) is 208 Å². The molecule has 0 saturated carbocycles. The first-order chi connectivity index (χ1) is 27.3. The highest BCUT2D eigenvalue weighted by Crippen LogP contribution is 2.30. The van der Waals surface area contributed by atoms with Gasteiger partial charge in [-0.3, -0.25) is 9.78 Å². The Morgan fingerprint density at radius 2 is 1.50 bits per heavy atom. The Morgan fingerprint density at radius 3 is 2.10 bits per heavy atom. The van der Waals surface area contributed by atoms with Crippen molar-refractivity contribution >= 4 is 70.0 Å². The fourth-order valence-electron chi connectivity index (χ4n) is 5.43. The van der Waals surface area contributed by atoms with Crippen molar-refractivity contribution in [2.75, 3.05) is 41.5 Å². The van der Waals surface area contributed by atoms with Crippen molar-refractivity contribution < 1.29 is 60.5 Å². The van der Waals surface area contributed by atoms with Gasteiger partial charge < -0.3 is 41.1 Å². The maximum absolute atomic E-state index is 13.2. The molecule has 4 heterocycles. The summed E-state index contributed by atoms with van der Waals surface area (Å²) >= 11 is 6.38. The number of rotatable bonds is 5. The number of hydrogen-bond acceptors (Lipinski definition) is 10. The van der Waals surface area contributed by atoms with E-state index < -0.39 is 24.3 Å². The number of aromatic nitrogens is 3. The number of urea groups is 1. The van der Waals surface area contributed by atoms with Crippen molar-refractivity contribution in [2.45, 2.75) is 44.5 Å². The zero-order valence-corrected chi connectivity index (χ0v) is 31.0. The average Bonchev–Trinajstić information content (AvgIpc) is 3.17. The van der Waals surface area contributed by atoms with Crippen LogP contribution in [0.3, 0.4) is 0 Å². The normalized spacial score (nSPS) is 13.8. The van der Waals surface area contributed by atoms with E-state index in [0.717, 1.165) is 53.2 Å². The first-order valence-corrected chi connectivity index (χ1v) is 17.4. The summed E-state index contributed by atoms with van der Waals surface area (Å²) in [5.74, 6) is -3.75. The molecule has 58 heavy (non-hydrogen) atoms. The minimum absolute atomic E-state index is 0.0395. The number of carboxylic acids is 2. The molecule has 0 aliphatic carbocycles. The molecule has 2 aliphatic rings. The van der Waals surface area contributed by atoms with Gasteiger partial charge in [-0.25, -0.2) is 19.4 Å². The van der Waals surface area contributed by atoms with Gasteiger partial charge in [-0.05, 0) is 91.3 Å². The Hall–Kier alpha value is -6.38. The lowest BCUT2D eigenvalue weighted by atomic mass is 9.93. The van der Waals surface area contributed by atoms with Gasteiger partial charge in [0.2, 0.25) is 11.9 Å². The van der Waals surface area contributed by atoms with Gasteiger partial charge in [-0.2, -0.15) is 31.3 Å². The lowest BCUT2D eigenvalue weighted by molar-refractivity contribution is -0.193. The molecule has 15 nitrogen and oxygen atoms in total. The van der Waals surface area contributed by atoms with Crippen LogP contribution in [0.1, 0.15) is 30.4 Å². The zero-order valence-electron chi connectivity index (χ0n) is 30.2. The van der Waals surface area contributed by atoms with E-state index in [4.69, 9.17) is 36.1 Å². The number of ether oxygens (including phenoxy) is 1. The van der Waals surface area contributed by atoms with E-state index in [-0.39, 0.29) is 17.9 Å². The number of methoxy groups -OCH3 is 1. The highest BCUT2D eigenvalue weighted by molar-refractivity contribution is 6.32. The molecule has 6 N–H and O–H groups in total. The molecule has 2 aromatic heterocycles. The lowest BCUT2D eigenvalue weighted by Gasteiger charge is -2.31. The third-order valence-corrected chi connectivity index (χ3v) is 8.60. The van der Waals surface area contributed by atoms with Crippen LogP contribution in [0.15, 0.2) is 67.1 Å². The number of pyridine rings is 1. The number of anilines is 6. The summed E-state index contributed by atoms with van der Waals surface area (Å²) in [7, 11) is 1.61. The molecule has 1 fully saturated rings. The molecule has 6 rings (SSSR count). The smallest absolute Gasteiger partial charge is 0.490 e. The van der Waals surface area contributed by atoms with Crippen LogP contribution in [0.4, 0.5) is 65.7 Å². The first kappa shape index (κ1) is 44.3. The highest BCUT2D eigenvalue weighted by atomic mass is 35.5. The number of benzene rings is 2. The predicted octanol–water partition coefficient (Wildman–Crippen LogP) is 7.66. The van der Waals surface area contributed by atoms with Crippen LogP contribution in [0.2, 0.25) is 5.02 Å². The number of carboxylic acid groups (broad SMARTS) is 2. The van der Waals surface area contributed by atoms with E-state index in [1.807, 2.05) is 54.7 Å². The molecule has 22 heteroatoms. The van der Waals surface area contributed by atoms with Crippen molar-refractivity contribution in [2.24, 2.45) is 5.92 Å². The SMILES string of the molecule is COc1ccc(NC(=O)N2CCC(CC(=O)Nc3ccc4cc3CCc3cncc(c3)Nc3ncc(Cl)c(n3)N4)CC2)cc1.O=C(O)C(F)(F)F.O=C(O)C(F)(F)F. The van der Waals surface area contributed by atoms with Gasteiger partial charge in [0, 0.05) is 42.8 Å². The van der Waals surface area contributed by atoms with Crippen LogP contribution in [-0.2, 0) is 27.2 Å². The van der Waals surface area contributed by atoms with Crippen LogP contribution < -0.4 is 26.0 Å². The Labute approximate surface area is 330 Å². The van der Waals surface area contributed by atoms with Gasteiger partial charge in [0.05, 0.1) is 25.2 Å². The molecule has 2 aliphatic heterocycles. The average molecular weight is 841 g/mol. The number of carbonyl (C=O) groups excluding carboxylic acids is 2. The van der Waals surface area contributed by atoms with Crippen molar-refractivity contribution in [3.8, 4) is 5.75 Å². The third kappa shape index (κ3) is 13.7. The lowest BCUT2D eigenvalue weighted by Crippen LogP contribution is -2.41. The Balaban J connectivity index is 0.000000456. The molecule has 0 radical (unpaired) electrons. The first-order valence-electron chi connectivity index (χ1n) is 17.0. The highest BCUT2D eigenvalue weighted by Gasteiger charge is 2.39. The van der Waals surface area contributed by atoms with Gasteiger partial charge in [0.25, 0.3) is 0 Å². The summed E-state index contributed by atoms with van der Waals surface area (Å²) in [5, 5.41) is 27.2. The van der Waals surface area contributed by atoms with Gasteiger partial charge in [0.15, 0.2) is 5.82 Å². The Kier molecular flexibility index (Phi) is 15.0. The molecule has 3 amide bonds. The molecule has 0 spiro atoms. The predicted molar refractivity (Wildman–Crippen MR) is 199 cm³/mol. The number of fused-ring (bicyclic) bond motifs is 6. The van der Waals surface area contributed by atoms with Crippen molar-refractivity contribution in [3.63, 3.8) is 0 Å². The molecule has 4 aromatic rings. The summed E-state index contributed by atoms with van der Waals surface area (Å²) in [4.78, 5) is 58.7. The van der Waals surface area contributed by atoms with Crippen LogP contribution in [-0.4, -0.2) is 86.5 Å². The number of aliphatic carboxylic acids is 2.